The van der Waals surface area contributed by atoms with Gasteiger partial charge in [0.25, 0.3) is 5.91 Å². The second kappa shape index (κ2) is 5.96. The number of carbonyl (C=O) groups excluding carboxylic acids is 1. The monoisotopic (exact) mass is 309 g/mol. The van der Waals surface area contributed by atoms with Gasteiger partial charge in [0.15, 0.2) is 11.3 Å². The zero-order valence-corrected chi connectivity index (χ0v) is 12.8. The Morgan fingerprint density at radius 3 is 2.65 bits per heavy atom. The molecule has 0 saturated heterocycles. The van der Waals surface area contributed by atoms with Gasteiger partial charge in [0.05, 0.1) is 7.11 Å². The van der Waals surface area contributed by atoms with Gasteiger partial charge in [-0.1, -0.05) is 30.3 Å². The summed E-state index contributed by atoms with van der Waals surface area (Å²) in [6.45, 7) is 1.88. The van der Waals surface area contributed by atoms with E-state index in [1.54, 1.807) is 24.3 Å². The largest absolute Gasteiger partial charge is 0.493 e. The Bertz CT molecular complexity index is 943. The van der Waals surface area contributed by atoms with E-state index in [4.69, 9.17) is 9.15 Å². The number of nitrogens with one attached hydrogen (secondary N) is 1. The van der Waals surface area contributed by atoms with Gasteiger partial charge in [-0.15, -0.1) is 0 Å². The third-order valence-corrected chi connectivity index (χ3v) is 3.58. The number of carbonyl (C=O) groups is 1. The summed E-state index contributed by atoms with van der Waals surface area (Å²) in [5, 5.41) is 3.35. The molecule has 0 atom stereocenters. The molecule has 1 heterocycles. The summed E-state index contributed by atoms with van der Waals surface area (Å²) in [5.41, 5.74) is 1.14. The molecule has 3 aromatic rings. The quantitative estimate of drug-likeness (QED) is 0.753. The topological polar surface area (TPSA) is 68.5 Å². The Kier molecular flexibility index (Phi) is 3.85. The molecule has 0 spiro atoms. The molecule has 23 heavy (non-hydrogen) atoms. The van der Waals surface area contributed by atoms with Crippen molar-refractivity contribution in [3.8, 4) is 5.75 Å². The molecule has 116 valence electrons. The molecular weight excluding hydrogens is 294 g/mol. The fourth-order valence-corrected chi connectivity index (χ4v) is 2.34. The number of anilines is 1. The third-order valence-electron chi connectivity index (χ3n) is 3.58. The highest BCUT2D eigenvalue weighted by atomic mass is 16.5. The summed E-state index contributed by atoms with van der Waals surface area (Å²) in [5.74, 6) is -0.0526. The molecule has 0 aliphatic carbocycles. The van der Waals surface area contributed by atoms with Crippen molar-refractivity contribution in [3.05, 3.63) is 70.1 Å². The molecule has 1 amide bonds. The lowest BCUT2D eigenvalue weighted by Gasteiger charge is -2.08. The van der Waals surface area contributed by atoms with Gasteiger partial charge in [-0.3, -0.25) is 4.79 Å². The van der Waals surface area contributed by atoms with Gasteiger partial charge in [-0.2, -0.15) is 0 Å². The number of ether oxygens (including phenoxy) is 1. The van der Waals surface area contributed by atoms with Crippen LogP contribution in [0.5, 0.6) is 5.75 Å². The lowest BCUT2D eigenvalue weighted by atomic mass is 10.1. The first-order valence-electron chi connectivity index (χ1n) is 7.08. The lowest BCUT2D eigenvalue weighted by Crippen LogP contribution is -2.21. The Labute approximate surface area is 132 Å². The van der Waals surface area contributed by atoms with Crippen LogP contribution >= 0.6 is 0 Å². The van der Waals surface area contributed by atoms with E-state index in [1.807, 2.05) is 25.1 Å². The molecule has 3 rings (SSSR count). The summed E-state index contributed by atoms with van der Waals surface area (Å²) in [7, 11) is 1.49. The molecule has 5 nitrogen and oxygen atoms in total. The number of amides is 1. The van der Waals surface area contributed by atoms with Gasteiger partial charge < -0.3 is 14.5 Å². The highest BCUT2D eigenvalue weighted by molar-refractivity contribution is 6.06. The smallest absolute Gasteiger partial charge is 0.349 e. The van der Waals surface area contributed by atoms with E-state index in [0.29, 0.717) is 22.4 Å². The van der Waals surface area contributed by atoms with E-state index in [2.05, 4.69) is 5.32 Å². The summed E-state index contributed by atoms with van der Waals surface area (Å²) in [6, 6.07) is 14.1. The SMILES string of the molecule is COc1cccc2cc(C(=O)Nc3ccccc3C)c(=O)oc12. The molecular formula is C18H15NO4. The number of fused-ring (bicyclic) bond motifs is 1. The van der Waals surface area contributed by atoms with Crippen LogP contribution < -0.4 is 15.7 Å². The van der Waals surface area contributed by atoms with Crippen LogP contribution in [0.25, 0.3) is 11.0 Å². The molecule has 5 heteroatoms. The van der Waals surface area contributed by atoms with E-state index < -0.39 is 11.5 Å². The molecule has 0 radical (unpaired) electrons. The van der Waals surface area contributed by atoms with Crippen molar-refractivity contribution in [2.24, 2.45) is 0 Å². The van der Waals surface area contributed by atoms with Gasteiger partial charge in [0.1, 0.15) is 5.56 Å². The first-order chi connectivity index (χ1) is 11.1. The predicted octanol–water partition coefficient (Wildman–Crippen LogP) is 3.36. The van der Waals surface area contributed by atoms with Gasteiger partial charge in [-0.25, -0.2) is 4.79 Å². The maximum atomic E-state index is 12.4. The van der Waals surface area contributed by atoms with Crippen molar-refractivity contribution >= 4 is 22.6 Å². The van der Waals surface area contributed by atoms with Gasteiger partial charge >= 0.3 is 5.63 Å². The number of hydrogen-bond acceptors (Lipinski definition) is 4. The predicted molar refractivity (Wildman–Crippen MR) is 88.2 cm³/mol. The Balaban J connectivity index is 2.03. The Hall–Kier alpha value is -3.08. The van der Waals surface area contributed by atoms with Crippen LogP contribution in [0.3, 0.4) is 0 Å². The van der Waals surface area contributed by atoms with Crippen molar-refractivity contribution < 1.29 is 13.9 Å². The second-order valence-electron chi connectivity index (χ2n) is 5.10. The minimum Gasteiger partial charge on any atom is -0.493 e. The van der Waals surface area contributed by atoms with E-state index >= 15 is 0 Å². The summed E-state index contributed by atoms with van der Waals surface area (Å²) in [6.07, 6.45) is 0. The molecule has 0 aliphatic heterocycles. The summed E-state index contributed by atoms with van der Waals surface area (Å²) >= 11 is 0. The van der Waals surface area contributed by atoms with Crippen LogP contribution in [0.4, 0.5) is 5.69 Å². The molecule has 0 fully saturated rings. The van der Waals surface area contributed by atoms with Crippen molar-refractivity contribution in [3.63, 3.8) is 0 Å². The molecule has 0 bridgehead atoms. The standard InChI is InChI=1S/C18H15NO4/c1-11-6-3-4-8-14(11)19-17(20)13-10-12-7-5-9-15(22-2)16(12)23-18(13)21/h3-10H,1-2H3,(H,19,20). The van der Waals surface area contributed by atoms with Gasteiger partial charge in [0, 0.05) is 11.1 Å². The zero-order chi connectivity index (χ0) is 16.4. The fraction of sp³-hybridized carbons (Fsp3) is 0.111. The highest BCUT2D eigenvalue weighted by Crippen LogP contribution is 2.24. The van der Waals surface area contributed by atoms with E-state index in [9.17, 15) is 9.59 Å². The second-order valence-corrected chi connectivity index (χ2v) is 5.10. The van der Waals surface area contributed by atoms with Crippen LogP contribution in [-0.4, -0.2) is 13.0 Å². The number of para-hydroxylation sites is 2. The van der Waals surface area contributed by atoms with Crippen molar-refractivity contribution in [2.45, 2.75) is 6.92 Å². The fourth-order valence-electron chi connectivity index (χ4n) is 2.34. The minimum absolute atomic E-state index is 0.0472. The first kappa shape index (κ1) is 14.8. The highest BCUT2D eigenvalue weighted by Gasteiger charge is 2.16. The molecule has 0 unspecified atom stereocenters. The third kappa shape index (κ3) is 2.81. The van der Waals surface area contributed by atoms with Crippen molar-refractivity contribution in [2.75, 3.05) is 12.4 Å². The number of aryl methyl sites for hydroxylation is 1. The summed E-state index contributed by atoms with van der Waals surface area (Å²) in [4.78, 5) is 24.5. The lowest BCUT2D eigenvalue weighted by molar-refractivity contribution is 0.102. The average Bonchev–Trinajstić information content (AvgIpc) is 2.55. The number of benzene rings is 2. The molecule has 1 aromatic heterocycles. The normalized spacial score (nSPS) is 10.5. The molecule has 0 saturated carbocycles. The van der Waals surface area contributed by atoms with Crippen LogP contribution in [0.1, 0.15) is 15.9 Å². The molecule has 0 aliphatic rings. The zero-order valence-electron chi connectivity index (χ0n) is 12.8. The van der Waals surface area contributed by atoms with E-state index in [0.717, 1.165) is 5.56 Å². The minimum atomic E-state index is -0.701. The number of methoxy groups -OCH3 is 1. The molecule has 1 N–H and O–H groups in total. The maximum absolute atomic E-state index is 12.4. The van der Waals surface area contributed by atoms with Crippen LogP contribution in [0.15, 0.2) is 57.7 Å². The molecule has 2 aromatic carbocycles. The van der Waals surface area contributed by atoms with Gasteiger partial charge in [0.2, 0.25) is 0 Å². The average molecular weight is 309 g/mol. The maximum Gasteiger partial charge on any atom is 0.349 e. The van der Waals surface area contributed by atoms with E-state index in [1.165, 1.54) is 13.2 Å². The first-order valence-corrected chi connectivity index (χ1v) is 7.08. The number of hydrogen-bond donors (Lipinski definition) is 1. The Morgan fingerprint density at radius 1 is 1.13 bits per heavy atom. The van der Waals surface area contributed by atoms with Gasteiger partial charge in [-0.05, 0) is 30.7 Å². The van der Waals surface area contributed by atoms with E-state index in [-0.39, 0.29) is 5.56 Å². The van der Waals surface area contributed by atoms with Crippen molar-refractivity contribution in [1.82, 2.24) is 0 Å². The number of rotatable bonds is 3. The van der Waals surface area contributed by atoms with Crippen molar-refractivity contribution in [1.29, 1.82) is 0 Å². The van der Waals surface area contributed by atoms with Crippen LogP contribution in [0.2, 0.25) is 0 Å². The Morgan fingerprint density at radius 2 is 1.91 bits per heavy atom. The van der Waals surface area contributed by atoms with Crippen LogP contribution in [-0.2, 0) is 0 Å². The summed E-state index contributed by atoms with van der Waals surface area (Å²) < 4.78 is 10.4. The van der Waals surface area contributed by atoms with Crippen LogP contribution in [0, 0.1) is 6.92 Å².